The minimum absolute atomic E-state index is 0.212. The second-order valence-corrected chi connectivity index (χ2v) is 8.83. The van der Waals surface area contributed by atoms with Gasteiger partial charge in [0.2, 0.25) is 0 Å². The van der Waals surface area contributed by atoms with Gasteiger partial charge in [0.1, 0.15) is 5.82 Å². The van der Waals surface area contributed by atoms with E-state index >= 15 is 0 Å². The van der Waals surface area contributed by atoms with Gasteiger partial charge in [0.25, 0.3) is 5.91 Å². The quantitative estimate of drug-likeness (QED) is 0.783. The zero-order valence-corrected chi connectivity index (χ0v) is 17.3. The Balaban J connectivity index is 1.56. The Morgan fingerprint density at radius 1 is 1.24 bits per heavy atom. The van der Waals surface area contributed by atoms with E-state index in [1.54, 1.807) is 18.2 Å². The summed E-state index contributed by atoms with van der Waals surface area (Å²) in [4.78, 5) is 19.6. The van der Waals surface area contributed by atoms with Crippen molar-refractivity contribution in [2.75, 3.05) is 29.1 Å². The maximum atomic E-state index is 14.6. The van der Waals surface area contributed by atoms with Gasteiger partial charge in [-0.25, -0.2) is 4.39 Å². The van der Waals surface area contributed by atoms with Crippen LogP contribution in [0, 0.1) is 5.82 Å². The topological polar surface area (TPSA) is 70.7 Å². The van der Waals surface area contributed by atoms with Crippen LogP contribution < -0.4 is 16.0 Å². The molecule has 7 heteroatoms. The molecule has 2 aliphatic rings. The van der Waals surface area contributed by atoms with Crippen LogP contribution in [-0.4, -0.2) is 29.9 Å². The van der Waals surface area contributed by atoms with E-state index in [4.69, 9.17) is 5.73 Å². The smallest absolute Gasteiger partial charge is 0.255 e. The van der Waals surface area contributed by atoms with E-state index in [2.05, 4.69) is 15.2 Å². The van der Waals surface area contributed by atoms with Gasteiger partial charge in [-0.15, -0.1) is 0 Å². The molecule has 0 aromatic heterocycles. The zero-order valence-electron chi connectivity index (χ0n) is 16.5. The molecule has 0 saturated carbocycles. The van der Waals surface area contributed by atoms with Crippen molar-refractivity contribution < 1.29 is 9.18 Å². The van der Waals surface area contributed by atoms with Gasteiger partial charge in [-0.3, -0.25) is 9.79 Å². The fourth-order valence-electron chi connectivity index (χ4n) is 3.92. The third-order valence-electron chi connectivity index (χ3n) is 5.58. The molecule has 2 heterocycles. The Bertz CT molecular complexity index is 958. The van der Waals surface area contributed by atoms with Crippen molar-refractivity contribution in [3.05, 3.63) is 59.4 Å². The van der Waals surface area contributed by atoms with Crippen LogP contribution in [-0.2, 0) is 5.54 Å². The molecular formula is C22H25FN4OS. The Morgan fingerprint density at radius 3 is 2.79 bits per heavy atom. The van der Waals surface area contributed by atoms with Gasteiger partial charge in [0.15, 0.2) is 5.17 Å². The summed E-state index contributed by atoms with van der Waals surface area (Å²) in [5, 5.41) is 3.37. The van der Waals surface area contributed by atoms with Crippen molar-refractivity contribution in [1.29, 1.82) is 0 Å². The van der Waals surface area contributed by atoms with Gasteiger partial charge in [-0.05, 0) is 62.6 Å². The third-order valence-corrected chi connectivity index (χ3v) is 6.38. The molecule has 0 spiro atoms. The van der Waals surface area contributed by atoms with Crippen LogP contribution in [0.4, 0.5) is 15.8 Å². The maximum absolute atomic E-state index is 14.6. The van der Waals surface area contributed by atoms with Gasteiger partial charge >= 0.3 is 0 Å². The molecule has 5 nitrogen and oxygen atoms in total. The van der Waals surface area contributed by atoms with Crippen LogP contribution in [0.5, 0.6) is 0 Å². The highest BCUT2D eigenvalue weighted by Gasteiger charge is 2.32. The van der Waals surface area contributed by atoms with Gasteiger partial charge in [0.05, 0.1) is 5.54 Å². The van der Waals surface area contributed by atoms with Crippen molar-refractivity contribution in [2.45, 2.75) is 31.7 Å². The molecule has 152 valence electrons. The van der Waals surface area contributed by atoms with E-state index in [0.717, 1.165) is 24.5 Å². The molecule has 2 aromatic rings. The Hall–Kier alpha value is -2.54. The Morgan fingerprint density at radius 2 is 2.03 bits per heavy atom. The molecule has 1 saturated heterocycles. The maximum Gasteiger partial charge on any atom is 0.255 e. The first kappa shape index (κ1) is 19.8. The molecule has 2 aromatic carbocycles. The van der Waals surface area contributed by atoms with Crippen LogP contribution in [0.1, 0.15) is 42.1 Å². The van der Waals surface area contributed by atoms with Gasteiger partial charge in [0, 0.05) is 41.3 Å². The molecule has 0 radical (unpaired) electrons. The summed E-state index contributed by atoms with van der Waals surface area (Å²) in [6.07, 6.45) is 3.04. The number of nitrogens with zero attached hydrogens (tertiary/aromatic N) is 2. The summed E-state index contributed by atoms with van der Waals surface area (Å²) >= 11 is 1.48. The Kier molecular flexibility index (Phi) is 5.50. The van der Waals surface area contributed by atoms with Crippen molar-refractivity contribution in [3.8, 4) is 0 Å². The zero-order chi connectivity index (χ0) is 20.4. The monoisotopic (exact) mass is 412 g/mol. The van der Waals surface area contributed by atoms with E-state index in [0.29, 0.717) is 28.4 Å². The number of hydrogen-bond acceptors (Lipinski definition) is 5. The largest absolute Gasteiger partial charge is 0.379 e. The van der Waals surface area contributed by atoms with Gasteiger partial charge in [-0.1, -0.05) is 17.8 Å². The van der Waals surface area contributed by atoms with Crippen LogP contribution in [0.2, 0.25) is 0 Å². The number of benzene rings is 2. The first-order valence-corrected chi connectivity index (χ1v) is 10.9. The highest BCUT2D eigenvalue weighted by Crippen LogP contribution is 2.37. The van der Waals surface area contributed by atoms with E-state index in [-0.39, 0.29) is 11.7 Å². The fourth-order valence-corrected chi connectivity index (χ4v) is 4.89. The number of rotatable bonds is 4. The van der Waals surface area contributed by atoms with E-state index < -0.39 is 5.54 Å². The van der Waals surface area contributed by atoms with Crippen molar-refractivity contribution in [1.82, 2.24) is 0 Å². The minimum Gasteiger partial charge on any atom is -0.379 e. The lowest BCUT2D eigenvalue weighted by molar-refractivity contribution is 0.102. The standard InChI is InChI=1S/C22H25FN4OS/c1-22(9-12-29-21(24)26-22)18-14-16(7-8-19(18)23)25-20(28)15-5-4-6-17(13-15)27-10-2-3-11-27/h4-8,13-14H,2-3,9-12H2,1H3,(H2,24,26)(H,25,28). The second kappa shape index (κ2) is 8.06. The number of hydrogen-bond donors (Lipinski definition) is 2. The van der Waals surface area contributed by atoms with Crippen LogP contribution in [0.25, 0.3) is 0 Å². The molecular weight excluding hydrogens is 387 g/mol. The number of halogens is 1. The number of nitrogens with two attached hydrogens (primary N) is 1. The fraction of sp³-hybridized carbons (Fsp3) is 0.364. The van der Waals surface area contributed by atoms with E-state index in [9.17, 15) is 9.18 Å². The highest BCUT2D eigenvalue weighted by molar-refractivity contribution is 8.13. The average Bonchev–Trinajstić information content (AvgIpc) is 3.24. The molecule has 0 bridgehead atoms. The van der Waals surface area contributed by atoms with Crippen LogP contribution >= 0.6 is 11.8 Å². The summed E-state index contributed by atoms with van der Waals surface area (Å²) in [5.41, 5.74) is 7.79. The number of aliphatic imine (C=N–C) groups is 1. The molecule has 29 heavy (non-hydrogen) atoms. The second-order valence-electron chi connectivity index (χ2n) is 7.72. The predicted molar refractivity (Wildman–Crippen MR) is 118 cm³/mol. The van der Waals surface area contributed by atoms with Crippen molar-refractivity contribution in [2.24, 2.45) is 10.7 Å². The van der Waals surface area contributed by atoms with Gasteiger partial charge < -0.3 is 16.0 Å². The summed E-state index contributed by atoms with van der Waals surface area (Å²) in [7, 11) is 0. The molecule has 1 atom stereocenters. The number of nitrogens with one attached hydrogen (secondary N) is 1. The number of thioether (sulfide) groups is 1. The number of carbonyl (C=O) groups is 1. The predicted octanol–water partition coefficient (Wildman–Crippen LogP) is 4.35. The lowest BCUT2D eigenvalue weighted by Gasteiger charge is -2.30. The summed E-state index contributed by atoms with van der Waals surface area (Å²) < 4.78 is 14.6. The lowest BCUT2D eigenvalue weighted by atomic mass is 9.89. The SMILES string of the molecule is CC1(c2cc(NC(=O)c3cccc(N4CCCC4)c3)ccc2F)CCSC(N)=N1. The number of anilines is 2. The molecule has 0 aliphatic carbocycles. The minimum atomic E-state index is -0.726. The molecule has 2 aliphatic heterocycles. The first-order chi connectivity index (χ1) is 13.9. The van der Waals surface area contributed by atoms with Crippen LogP contribution in [0.3, 0.4) is 0 Å². The molecule has 1 unspecified atom stereocenters. The van der Waals surface area contributed by atoms with Crippen molar-refractivity contribution >= 4 is 34.2 Å². The van der Waals surface area contributed by atoms with E-state index in [1.807, 2.05) is 25.1 Å². The number of carbonyl (C=O) groups excluding carboxylic acids is 1. The molecule has 1 fully saturated rings. The molecule has 4 rings (SSSR count). The van der Waals surface area contributed by atoms with Crippen LogP contribution in [0.15, 0.2) is 47.5 Å². The molecule has 1 amide bonds. The highest BCUT2D eigenvalue weighted by atomic mass is 32.2. The Labute approximate surface area is 174 Å². The number of amides is 1. The van der Waals surface area contributed by atoms with Crippen molar-refractivity contribution in [3.63, 3.8) is 0 Å². The number of amidine groups is 1. The lowest BCUT2D eigenvalue weighted by Crippen LogP contribution is -2.29. The third kappa shape index (κ3) is 4.24. The van der Waals surface area contributed by atoms with Gasteiger partial charge in [-0.2, -0.15) is 0 Å². The van der Waals surface area contributed by atoms with E-state index in [1.165, 1.54) is 30.7 Å². The normalized spacial score (nSPS) is 21.7. The summed E-state index contributed by atoms with van der Waals surface area (Å²) in [6, 6.07) is 12.3. The summed E-state index contributed by atoms with van der Waals surface area (Å²) in [5.74, 6) is 0.228. The summed E-state index contributed by atoms with van der Waals surface area (Å²) in [6.45, 7) is 3.92. The average molecular weight is 413 g/mol. The first-order valence-electron chi connectivity index (χ1n) is 9.89. The molecule has 3 N–H and O–H groups in total.